The Labute approximate surface area is 83.1 Å². The van der Waals surface area contributed by atoms with E-state index in [1.54, 1.807) is 12.2 Å². The molecule has 0 aromatic rings. The van der Waals surface area contributed by atoms with E-state index in [0.29, 0.717) is 0 Å². The molecular formula is C11H14O3. The van der Waals surface area contributed by atoms with Gasteiger partial charge in [0, 0.05) is 0 Å². The first-order valence-electron chi connectivity index (χ1n) is 4.97. The number of aliphatic hydroxyl groups is 1. The summed E-state index contributed by atoms with van der Waals surface area (Å²) in [7, 11) is 0. The van der Waals surface area contributed by atoms with Crippen molar-refractivity contribution in [2.75, 3.05) is 0 Å². The van der Waals surface area contributed by atoms with Crippen molar-refractivity contribution in [3.05, 3.63) is 24.3 Å². The minimum atomic E-state index is -1.69. The van der Waals surface area contributed by atoms with Crippen LogP contribution in [-0.4, -0.2) is 22.3 Å². The van der Waals surface area contributed by atoms with Crippen LogP contribution in [0.15, 0.2) is 24.3 Å². The fourth-order valence-electron chi connectivity index (χ4n) is 1.84. The first kappa shape index (κ1) is 9.62. The monoisotopic (exact) mass is 194 g/mol. The second-order valence-electron chi connectivity index (χ2n) is 3.89. The normalized spacial score (nSPS) is 39.4. The molecule has 0 fully saturated rings. The van der Waals surface area contributed by atoms with Crippen molar-refractivity contribution >= 4 is 5.78 Å². The number of carbonyl (C=O) groups is 1. The van der Waals surface area contributed by atoms with E-state index in [-0.39, 0.29) is 0 Å². The summed E-state index contributed by atoms with van der Waals surface area (Å²) in [4.78, 5) is 11.3. The van der Waals surface area contributed by atoms with Gasteiger partial charge in [-0.25, -0.2) is 0 Å². The fourth-order valence-corrected chi connectivity index (χ4v) is 1.84. The maximum atomic E-state index is 11.3. The maximum Gasteiger partial charge on any atom is 0.252 e. The Bertz CT molecular complexity index is 318. The van der Waals surface area contributed by atoms with Gasteiger partial charge in [-0.05, 0) is 30.7 Å². The van der Waals surface area contributed by atoms with Gasteiger partial charge in [0.05, 0.1) is 0 Å². The largest absolute Gasteiger partial charge is 0.356 e. The van der Waals surface area contributed by atoms with Crippen molar-refractivity contribution in [3.63, 3.8) is 0 Å². The van der Waals surface area contributed by atoms with Crippen LogP contribution in [0, 0.1) is 0 Å². The molecule has 3 heteroatoms. The van der Waals surface area contributed by atoms with Crippen LogP contribution < -0.4 is 0 Å². The van der Waals surface area contributed by atoms with E-state index in [2.05, 4.69) is 6.92 Å². The van der Waals surface area contributed by atoms with E-state index in [1.807, 2.05) is 0 Å². The van der Waals surface area contributed by atoms with E-state index >= 15 is 0 Å². The molecule has 0 saturated carbocycles. The van der Waals surface area contributed by atoms with E-state index in [1.165, 1.54) is 12.2 Å². The van der Waals surface area contributed by atoms with Crippen LogP contribution >= 0.6 is 0 Å². The predicted molar refractivity (Wildman–Crippen MR) is 51.6 cm³/mol. The summed E-state index contributed by atoms with van der Waals surface area (Å²) in [5.41, 5.74) is -0.543. The van der Waals surface area contributed by atoms with Crippen molar-refractivity contribution in [1.29, 1.82) is 0 Å². The Morgan fingerprint density at radius 1 is 1.43 bits per heavy atom. The minimum absolute atomic E-state index is 0.390. The van der Waals surface area contributed by atoms with Gasteiger partial charge >= 0.3 is 0 Å². The second kappa shape index (κ2) is 3.04. The summed E-state index contributed by atoms with van der Waals surface area (Å²) in [6.45, 7) is 2.10. The van der Waals surface area contributed by atoms with Crippen molar-refractivity contribution in [2.45, 2.75) is 37.6 Å². The highest BCUT2D eigenvalue weighted by Gasteiger charge is 2.49. The van der Waals surface area contributed by atoms with Crippen LogP contribution in [0.1, 0.15) is 26.2 Å². The van der Waals surface area contributed by atoms with Gasteiger partial charge in [0.15, 0.2) is 0 Å². The van der Waals surface area contributed by atoms with Gasteiger partial charge in [-0.15, -0.1) is 0 Å². The van der Waals surface area contributed by atoms with E-state index in [9.17, 15) is 9.90 Å². The molecule has 2 bridgehead atoms. The molecule has 0 amide bonds. The number of carbonyl (C=O) groups excluding carboxylic acids is 1. The molecule has 3 nitrogen and oxygen atoms in total. The number of ether oxygens (including phenoxy) is 1. The highest BCUT2D eigenvalue weighted by Crippen LogP contribution is 2.38. The lowest BCUT2D eigenvalue weighted by molar-refractivity contribution is -0.200. The minimum Gasteiger partial charge on any atom is -0.356 e. The zero-order valence-corrected chi connectivity index (χ0v) is 8.19. The van der Waals surface area contributed by atoms with Gasteiger partial charge < -0.3 is 9.84 Å². The zero-order chi connectivity index (χ0) is 10.2. The molecule has 0 aromatic heterocycles. The molecule has 0 aromatic carbocycles. The smallest absolute Gasteiger partial charge is 0.252 e. The average Bonchev–Trinajstić information content (AvgIpc) is 2.47. The van der Waals surface area contributed by atoms with E-state index in [0.717, 1.165) is 19.3 Å². The van der Waals surface area contributed by atoms with Crippen molar-refractivity contribution in [3.8, 4) is 0 Å². The summed E-state index contributed by atoms with van der Waals surface area (Å²) in [5, 5.41) is 9.74. The summed E-state index contributed by atoms with van der Waals surface area (Å²) in [6.07, 6.45) is 9.28. The van der Waals surface area contributed by atoms with Crippen molar-refractivity contribution in [2.24, 2.45) is 0 Å². The SMILES string of the molecule is CCCCC12C=CC(=O)C(O)(C=C1)O2. The lowest BCUT2D eigenvalue weighted by Crippen LogP contribution is -2.44. The molecule has 2 aliphatic heterocycles. The highest BCUT2D eigenvalue weighted by atomic mass is 16.6. The number of unbranched alkanes of at least 4 members (excludes halogenated alkanes) is 1. The van der Waals surface area contributed by atoms with Crippen LogP contribution in [0.4, 0.5) is 0 Å². The molecule has 76 valence electrons. The van der Waals surface area contributed by atoms with Gasteiger partial charge in [-0.1, -0.05) is 19.8 Å². The maximum absolute atomic E-state index is 11.3. The van der Waals surface area contributed by atoms with E-state index < -0.39 is 17.2 Å². The van der Waals surface area contributed by atoms with Crippen LogP contribution in [0.2, 0.25) is 0 Å². The molecule has 2 atom stereocenters. The zero-order valence-electron chi connectivity index (χ0n) is 8.19. The number of fused-ring (bicyclic) bond motifs is 2. The van der Waals surface area contributed by atoms with E-state index in [4.69, 9.17) is 4.74 Å². The standard InChI is InChI=1S/C11H14O3/c1-2-3-5-10-6-4-9(12)11(13,14-10)8-7-10/h4,6-8,13H,2-3,5H2,1H3. The van der Waals surface area contributed by atoms with Crippen LogP contribution in [0.5, 0.6) is 0 Å². The van der Waals surface area contributed by atoms with Gasteiger partial charge in [0.25, 0.3) is 5.79 Å². The number of hydrogen-bond acceptors (Lipinski definition) is 3. The third-order valence-corrected chi connectivity index (χ3v) is 2.73. The number of ketones is 1. The molecular weight excluding hydrogens is 180 g/mol. The fraction of sp³-hybridized carbons (Fsp3) is 0.545. The molecule has 0 saturated heterocycles. The number of hydrogen-bond donors (Lipinski definition) is 1. The summed E-state index contributed by atoms with van der Waals surface area (Å²) in [6, 6.07) is 0. The molecule has 2 aliphatic rings. The second-order valence-corrected chi connectivity index (χ2v) is 3.89. The molecule has 0 radical (unpaired) electrons. The quantitative estimate of drug-likeness (QED) is 0.689. The Morgan fingerprint density at radius 3 is 2.93 bits per heavy atom. The summed E-state index contributed by atoms with van der Waals surface area (Å²) in [5.74, 6) is -2.08. The Kier molecular flexibility index (Phi) is 2.09. The van der Waals surface area contributed by atoms with Crippen molar-refractivity contribution < 1.29 is 14.6 Å². The van der Waals surface area contributed by atoms with Gasteiger partial charge in [0.2, 0.25) is 5.78 Å². The van der Waals surface area contributed by atoms with Gasteiger partial charge in [-0.2, -0.15) is 0 Å². The Hall–Kier alpha value is -0.930. The predicted octanol–water partition coefficient (Wildman–Crippen LogP) is 1.33. The van der Waals surface area contributed by atoms with Crippen LogP contribution in [0.3, 0.4) is 0 Å². The summed E-state index contributed by atoms with van der Waals surface area (Å²) >= 11 is 0. The van der Waals surface area contributed by atoms with Crippen LogP contribution in [-0.2, 0) is 9.53 Å². The average molecular weight is 194 g/mol. The Balaban J connectivity index is 2.22. The van der Waals surface area contributed by atoms with Crippen molar-refractivity contribution in [1.82, 2.24) is 0 Å². The molecule has 2 unspecified atom stereocenters. The highest BCUT2D eigenvalue weighted by molar-refractivity contribution is 5.99. The third kappa shape index (κ3) is 1.33. The van der Waals surface area contributed by atoms with Gasteiger partial charge in [0.1, 0.15) is 5.60 Å². The first-order chi connectivity index (χ1) is 6.60. The van der Waals surface area contributed by atoms with Crippen LogP contribution in [0.25, 0.3) is 0 Å². The molecule has 1 N–H and O–H groups in total. The summed E-state index contributed by atoms with van der Waals surface area (Å²) < 4.78 is 5.39. The molecule has 14 heavy (non-hydrogen) atoms. The lowest BCUT2D eigenvalue weighted by Gasteiger charge is -2.32. The Morgan fingerprint density at radius 2 is 2.21 bits per heavy atom. The lowest BCUT2D eigenvalue weighted by atomic mass is 9.96. The molecule has 0 aliphatic carbocycles. The van der Waals surface area contributed by atoms with Gasteiger partial charge in [-0.3, -0.25) is 4.79 Å². The third-order valence-electron chi connectivity index (χ3n) is 2.73. The topological polar surface area (TPSA) is 46.5 Å². The molecule has 2 rings (SSSR count). The number of rotatable bonds is 3. The first-order valence-corrected chi connectivity index (χ1v) is 4.97. The molecule has 0 spiro atoms. The molecule has 2 heterocycles.